The molecule has 0 amide bonds. The van der Waals surface area contributed by atoms with E-state index in [2.05, 4.69) is 13.8 Å². The number of nitrogens with two attached hydrogens (primary N) is 1. The molecule has 0 heterocycles. The summed E-state index contributed by atoms with van der Waals surface area (Å²) >= 11 is 0. The fourth-order valence-electron chi connectivity index (χ4n) is 2.09. The number of hydrogen-bond donors (Lipinski definition) is 1. The Kier molecular flexibility index (Phi) is 3.93. The quantitative estimate of drug-likeness (QED) is 0.750. The van der Waals surface area contributed by atoms with Crippen molar-refractivity contribution in [3.63, 3.8) is 0 Å². The molecule has 0 aromatic carbocycles. The zero-order valence-electron chi connectivity index (χ0n) is 9.75. The summed E-state index contributed by atoms with van der Waals surface area (Å²) in [5, 5.41) is 0. The van der Waals surface area contributed by atoms with Gasteiger partial charge in [-0.25, -0.2) is 0 Å². The van der Waals surface area contributed by atoms with E-state index in [0.29, 0.717) is 6.61 Å². The summed E-state index contributed by atoms with van der Waals surface area (Å²) < 4.78 is 10.9. The first-order valence-electron chi connectivity index (χ1n) is 5.37. The Bertz CT molecular complexity index is 182. The maximum Gasteiger partial charge on any atom is 0.0784 e. The van der Waals surface area contributed by atoms with Crippen molar-refractivity contribution in [2.24, 2.45) is 11.1 Å². The summed E-state index contributed by atoms with van der Waals surface area (Å²) in [5.41, 5.74) is 6.36. The van der Waals surface area contributed by atoms with E-state index in [4.69, 9.17) is 15.2 Å². The molecule has 14 heavy (non-hydrogen) atoms. The zero-order chi connectivity index (χ0) is 10.8. The van der Waals surface area contributed by atoms with Gasteiger partial charge in [-0.3, -0.25) is 0 Å². The Balaban J connectivity index is 2.40. The van der Waals surface area contributed by atoms with E-state index >= 15 is 0 Å². The molecule has 0 aromatic rings. The lowest BCUT2D eigenvalue weighted by Gasteiger charge is -2.28. The van der Waals surface area contributed by atoms with Crippen LogP contribution in [0.3, 0.4) is 0 Å². The monoisotopic (exact) mass is 201 g/mol. The molecule has 0 aliphatic heterocycles. The van der Waals surface area contributed by atoms with Crippen molar-refractivity contribution in [2.45, 2.75) is 51.9 Å². The van der Waals surface area contributed by atoms with Crippen LogP contribution in [0.15, 0.2) is 0 Å². The van der Waals surface area contributed by atoms with Crippen LogP contribution in [0.1, 0.15) is 33.6 Å². The lowest BCUT2D eigenvalue weighted by Crippen LogP contribution is -2.42. The average molecular weight is 201 g/mol. The van der Waals surface area contributed by atoms with Crippen LogP contribution in [0, 0.1) is 5.41 Å². The SMILES string of the molecule is COCC(C)OC1CCC(C)(C)C1N. The topological polar surface area (TPSA) is 44.5 Å². The summed E-state index contributed by atoms with van der Waals surface area (Å²) in [6.45, 7) is 7.09. The van der Waals surface area contributed by atoms with Gasteiger partial charge in [0, 0.05) is 13.2 Å². The van der Waals surface area contributed by atoms with Crippen LogP contribution < -0.4 is 5.73 Å². The first-order valence-corrected chi connectivity index (χ1v) is 5.37. The third-order valence-electron chi connectivity index (χ3n) is 3.18. The van der Waals surface area contributed by atoms with E-state index in [0.717, 1.165) is 12.8 Å². The number of methoxy groups -OCH3 is 1. The summed E-state index contributed by atoms with van der Waals surface area (Å²) in [4.78, 5) is 0. The number of rotatable bonds is 4. The fraction of sp³-hybridized carbons (Fsp3) is 1.00. The summed E-state index contributed by atoms with van der Waals surface area (Å²) in [7, 11) is 1.69. The van der Waals surface area contributed by atoms with E-state index in [-0.39, 0.29) is 23.7 Å². The van der Waals surface area contributed by atoms with Gasteiger partial charge in [0.2, 0.25) is 0 Å². The highest BCUT2D eigenvalue weighted by Crippen LogP contribution is 2.37. The van der Waals surface area contributed by atoms with Crippen LogP contribution in [0.5, 0.6) is 0 Å². The Labute approximate surface area is 86.9 Å². The largest absolute Gasteiger partial charge is 0.382 e. The number of hydrogen-bond acceptors (Lipinski definition) is 3. The lowest BCUT2D eigenvalue weighted by atomic mass is 9.88. The maximum atomic E-state index is 6.14. The van der Waals surface area contributed by atoms with Crippen LogP contribution in [-0.2, 0) is 9.47 Å². The third-order valence-corrected chi connectivity index (χ3v) is 3.18. The Morgan fingerprint density at radius 1 is 1.50 bits per heavy atom. The van der Waals surface area contributed by atoms with Crippen molar-refractivity contribution in [1.29, 1.82) is 0 Å². The molecule has 1 saturated carbocycles. The second-order valence-corrected chi connectivity index (χ2v) is 4.99. The molecule has 1 aliphatic rings. The minimum atomic E-state index is 0.143. The van der Waals surface area contributed by atoms with Gasteiger partial charge < -0.3 is 15.2 Å². The van der Waals surface area contributed by atoms with Crippen LogP contribution in [0.25, 0.3) is 0 Å². The minimum absolute atomic E-state index is 0.143. The first-order chi connectivity index (χ1) is 6.47. The highest BCUT2D eigenvalue weighted by molar-refractivity contribution is 4.95. The molecular weight excluding hydrogens is 178 g/mol. The fourth-order valence-corrected chi connectivity index (χ4v) is 2.09. The molecule has 1 fully saturated rings. The Morgan fingerprint density at radius 2 is 2.14 bits per heavy atom. The van der Waals surface area contributed by atoms with Crippen molar-refractivity contribution < 1.29 is 9.47 Å². The van der Waals surface area contributed by atoms with Gasteiger partial charge in [-0.05, 0) is 25.2 Å². The van der Waals surface area contributed by atoms with Crippen molar-refractivity contribution in [1.82, 2.24) is 0 Å². The van der Waals surface area contributed by atoms with Crippen molar-refractivity contribution >= 4 is 0 Å². The van der Waals surface area contributed by atoms with Crippen molar-refractivity contribution in [3.8, 4) is 0 Å². The van der Waals surface area contributed by atoms with Gasteiger partial charge in [-0.2, -0.15) is 0 Å². The standard InChI is InChI=1S/C11H23NO2/c1-8(7-13-4)14-9-5-6-11(2,3)10(9)12/h8-10H,5-7,12H2,1-4H3. The molecule has 0 radical (unpaired) electrons. The maximum absolute atomic E-state index is 6.14. The highest BCUT2D eigenvalue weighted by atomic mass is 16.5. The van der Waals surface area contributed by atoms with Gasteiger partial charge in [0.25, 0.3) is 0 Å². The van der Waals surface area contributed by atoms with Crippen molar-refractivity contribution in [3.05, 3.63) is 0 Å². The molecular formula is C11H23NO2. The van der Waals surface area contributed by atoms with Gasteiger partial charge in [0.05, 0.1) is 18.8 Å². The average Bonchev–Trinajstić information content (AvgIpc) is 2.33. The molecule has 3 atom stereocenters. The van der Waals surface area contributed by atoms with Crippen molar-refractivity contribution in [2.75, 3.05) is 13.7 Å². The molecule has 0 saturated heterocycles. The Morgan fingerprint density at radius 3 is 2.57 bits per heavy atom. The third kappa shape index (κ3) is 2.69. The van der Waals surface area contributed by atoms with Crippen LogP contribution in [0.4, 0.5) is 0 Å². The molecule has 3 unspecified atom stereocenters. The molecule has 3 nitrogen and oxygen atoms in total. The second-order valence-electron chi connectivity index (χ2n) is 4.99. The van der Waals surface area contributed by atoms with E-state index in [1.165, 1.54) is 0 Å². The van der Waals surface area contributed by atoms with E-state index in [1.54, 1.807) is 7.11 Å². The van der Waals surface area contributed by atoms with Gasteiger partial charge >= 0.3 is 0 Å². The zero-order valence-corrected chi connectivity index (χ0v) is 9.75. The molecule has 1 rings (SSSR count). The summed E-state index contributed by atoms with van der Waals surface area (Å²) in [6, 6.07) is 0.154. The number of ether oxygens (including phenoxy) is 2. The first kappa shape index (κ1) is 12.0. The normalized spacial score (nSPS) is 33.2. The molecule has 1 aliphatic carbocycles. The second kappa shape index (κ2) is 4.60. The molecule has 0 bridgehead atoms. The van der Waals surface area contributed by atoms with E-state index in [9.17, 15) is 0 Å². The molecule has 84 valence electrons. The molecule has 0 spiro atoms. The Hall–Kier alpha value is -0.120. The molecule has 2 N–H and O–H groups in total. The molecule has 3 heteroatoms. The summed E-state index contributed by atoms with van der Waals surface area (Å²) in [6.07, 6.45) is 2.57. The predicted molar refractivity (Wildman–Crippen MR) is 57.2 cm³/mol. The van der Waals surface area contributed by atoms with Gasteiger partial charge in [-0.15, -0.1) is 0 Å². The van der Waals surface area contributed by atoms with E-state index in [1.807, 2.05) is 6.92 Å². The highest BCUT2D eigenvalue weighted by Gasteiger charge is 2.40. The predicted octanol–water partition coefficient (Wildman–Crippen LogP) is 1.55. The minimum Gasteiger partial charge on any atom is -0.382 e. The van der Waals surface area contributed by atoms with Gasteiger partial charge in [-0.1, -0.05) is 13.8 Å². The van der Waals surface area contributed by atoms with Crippen LogP contribution in [-0.4, -0.2) is 32.0 Å². The van der Waals surface area contributed by atoms with Gasteiger partial charge in [0.1, 0.15) is 0 Å². The van der Waals surface area contributed by atoms with Gasteiger partial charge in [0.15, 0.2) is 0 Å². The van der Waals surface area contributed by atoms with E-state index < -0.39 is 0 Å². The van der Waals surface area contributed by atoms with Crippen LogP contribution in [0.2, 0.25) is 0 Å². The molecule has 0 aromatic heterocycles. The lowest BCUT2D eigenvalue weighted by molar-refractivity contribution is -0.0458. The summed E-state index contributed by atoms with van der Waals surface area (Å²) in [5.74, 6) is 0. The van der Waals surface area contributed by atoms with Crippen LogP contribution >= 0.6 is 0 Å². The smallest absolute Gasteiger partial charge is 0.0784 e.